The Balaban J connectivity index is 0.000000921. The van der Waals surface area contributed by atoms with Crippen LogP contribution in [0.1, 0.15) is 52.2 Å². The van der Waals surface area contributed by atoms with E-state index in [1.54, 1.807) is 0 Å². The number of rotatable bonds is 3. The molecule has 0 bridgehead atoms. The molecule has 0 saturated carbocycles. The molecule has 1 heteroatoms. The molecule has 15 heavy (non-hydrogen) atoms. The summed E-state index contributed by atoms with van der Waals surface area (Å²) in [4.78, 5) is 0. The van der Waals surface area contributed by atoms with Crippen molar-refractivity contribution in [2.45, 2.75) is 53.1 Å². The minimum Gasteiger partial charge on any atom is -0.386 e. The van der Waals surface area contributed by atoms with Gasteiger partial charge >= 0.3 is 0 Å². The van der Waals surface area contributed by atoms with Crippen LogP contribution in [-0.4, -0.2) is 5.11 Å². The predicted molar refractivity (Wildman–Crippen MR) is 67.0 cm³/mol. The van der Waals surface area contributed by atoms with Gasteiger partial charge in [-0.3, -0.25) is 0 Å². The molecule has 1 aromatic carbocycles. The molecular formula is C14H24O. The van der Waals surface area contributed by atoms with Crippen molar-refractivity contribution in [3.63, 3.8) is 0 Å². The fraction of sp³-hybridized carbons (Fsp3) is 0.571. The van der Waals surface area contributed by atoms with E-state index in [-0.39, 0.29) is 0 Å². The maximum absolute atomic E-state index is 9.90. The van der Waals surface area contributed by atoms with Gasteiger partial charge in [-0.2, -0.15) is 0 Å². The zero-order valence-electron chi connectivity index (χ0n) is 10.7. The average molecular weight is 208 g/mol. The van der Waals surface area contributed by atoms with Crippen molar-refractivity contribution in [2.24, 2.45) is 0 Å². The molecule has 0 heterocycles. The van der Waals surface area contributed by atoms with Crippen LogP contribution in [0.3, 0.4) is 0 Å². The van der Waals surface area contributed by atoms with Crippen LogP contribution in [0.25, 0.3) is 0 Å². The van der Waals surface area contributed by atoms with Gasteiger partial charge in [0.1, 0.15) is 0 Å². The highest BCUT2D eigenvalue weighted by atomic mass is 16.3. The molecule has 0 aliphatic carbocycles. The number of hydrogen-bond donors (Lipinski definition) is 1. The Hall–Kier alpha value is -0.820. The SMILES string of the molecule is CC.CCCc1ccccc1C(C)(C)O. The number of aryl methyl sites for hydroxylation is 1. The molecule has 1 N–H and O–H groups in total. The molecule has 0 saturated heterocycles. The van der Waals surface area contributed by atoms with E-state index in [0.717, 1.165) is 18.4 Å². The highest BCUT2D eigenvalue weighted by Crippen LogP contribution is 2.24. The minimum atomic E-state index is -0.717. The summed E-state index contributed by atoms with van der Waals surface area (Å²) in [6, 6.07) is 8.11. The number of benzene rings is 1. The maximum Gasteiger partial charge on any atom is 0.0843 e. The van der Waals surface area contributed by atoms with Crippen molar-refractivity contribution in [2.75, 3.05) is 0 Å². The third kappa shape index (κ3) is 4.48. The fourth-order valence-corrected chi connectivity index (χ4v) is 1.60. The predicted octanol–water partition coefficient (Wildman–Crippen LogP) is 3.89. The fourth-order valence-electron chi connectivity index (χ4n) is 1.60. The lowest BCUT2D eigenvalue weighted by molar-refractivity contribution is 0.0776. The number of hydrogen-bond acceptors (Lipinski definition) is 1. The summed E-state index contributed by atoms with van der Waals surface area (Å²) in [6.07, 6.45) is 2.16. The van der Waals surface area contributed by atoms with E-state index < -0.39 is 5.60 Å². The molecule has 1 aromatic rings. The van der Waals surface area contributed by atoms with Gasteiger partial charge in [0.15, 0.2) is 0 Å². The zero-order valence-corrected chi connectivity index (χ0v) is 10.7. The van der Waals surface area contributed by atoms with Crippen LogP contribution in [0.2, 0.25) is 0 Å². The van der Waals surface area contributed by atoms with Crippen LogP contribution in [0.4, 0.5) is 0 Å². The van der Waals surface area contributed by atoms with E-state index in [4.69, 9.17) is 0 Å². The van der Waals surface area contributed by atoms with Crippen LogP contribution >= 0.6 is 0 Å². The summed E-state index contributed by atoms with van der Waals surface area (Å²) in [5.74, 6) is 0. The third-order valence-corrected chi connectivity index (χ3v) is 2.20. The molecule has 0 fully saturated rings. The smallest absolute Gasteiger partial charge is 0.0843 e. The van der Waals surface area contributed by atoms with E-state index in [1.807, 2.05) is 45.9 Å². The van der Waals surface area contributed by atoms with Gasteiger partial charge in [0.2, 0.25) is 0 Å². The largest absolute Gasteiger partial charge is 0.386 e. The van der Waals surface area contributed by atoms with Gasteiger partial charge in [0, 0.05) is 0 Å². The molecule has 0 amide bonds. The monoisotopic (exact) mass is 208 g/mol. The van der Waals surface area contributed by atoms with E-state index in [0.29, 0.717) is 0 Å². The molecule has 0 atom stereocenters. The minimum absolute atomic E-state index is 0.717. The van der Waals surface area contributed by atoms with E-state index in [2.05, 4.69) is 13.0 Å². The Morgan fingerprint density at radius 3 is 2.13 bits per heavy atom. The Morgan fingerprint density at radius 1 is 1.13 bits per heavy atom. The van der Waals surface area contributed by atoms with Crippen LogP contribution < -0.4 is 0 Å². The van der Waals surface area contributed by atoms with Crippen LogP contribution in [-0.2, 0) is 12.0 Å². The normalized spacial score (nSPS) is 10.5. The summed E-state index contributed by atoms with van der Waals surface area (Å²) >= 11 is 0. The first-order valence-corrected chi connectivity index (χ1v) is 5.86. The first kappa shape index (κ1) is 14.2. The van der Waals surface area contributed by atoms with Gasteiger partial charge in [0.25, 0.3) is 0 Å². The first-order valence-electron chi connectivity index (χ1n) is 5.86. The standard InChI is InChI=1S/C12H18O.C2H6/c1-4-7-10-8-5-6-9-11(10)12(2,3)13;1-2/h5-6,8-9,13H,4,7H2,1-3H3;1-2H3. The Morgan fingerprint density at radius 2 is 1.67 bits per heavy atom. The summed E-state index contributed by atoms with van der Waals surface area (Å²) in [5, 5.41) is 9.90. The Labute approximate surface area is 94.2 Å². The highest BCUT2D eigenvalue weighted by Gasteiger charge is 2.18. The molecule has 0 radical (unpaired) electrons. The molecule has 1 nitrogen and oxygen atoms in total. The molecule has 1 rings (SSSR count). The van der Waals surface area contributed by atoms with Crippen LogP contribution in [0, 0.1) is 0 Å². The van der Waals surface area contributed by atoms with Gasteiger partial charge in [0.05, 0.1) is 5.60 Å². The van der Waals surface area contributed by atoms with Crippen molar-refractivity contribution < 1.29 is 5.11 Å². The quantitative estimate of drug-likeness (QED) is 0.799. The number of aliphatic hydroxyl groups is 1. The summed E-state index contributed by atoms with van der Waals surface area (Å²) < 4.78 is 0. The Bertz CT molecular complexity index is 271. The van der Waals surface area contributed by atoms with Gasteiger partial charge in [-0.25, -0.2) is 0 Å². The summed E-state index contributed by atoms with van der Waals surface area (Å²) in [5.41, 5.74) is 1.60. The first-order chi connectivity index (χ1) is 7.05. The molecule has 0 spiro atoms. The molecular weight excluding hydrogens is 184 g/mol. The van der Waals surface area contributed by atoms with Gasteiger partial charge in [-0.1, -0.05) is 51.5 Å². The van der Waals surface area contributed by atoms with Crippen molar-refractivity contribution in [3.8, 4) is 0 Å². The van der Waals surface area contributed by atoms with E-state index >= 15 is 0 Å². The van der Waals surface area contributed by atoms with Crippen molar-refractivity contribution in [1.82, 2.24) is 0 Å². The van der Waals surface area contributed by atoms with Crippen molar-refractivity contribution in [1.29, 1.82) is 0 Å². The second-order valence-electron chi connectivity index (χ2n) is 3.97. The summed E-state index contributed by atoms with van der Waals surface area (Å²) in [6.45, 7) is 9.82. The molecule has 0 aromatic heterocycles. The lowest BCUT2D eigenvalue weighted by Crippen LogP contribution is -2.17. The summed E-state index contributed by atoms with van der Waals surface area (Å²) in [7, 11) is 0. The zero-order chi connectivity index (χ0) is 11.9. The van der Waals surface area contributed by atoms with Crippen molar-refractivity contribution in [3.05, 3.63) is 35.4 Å². The molecule has 86 valence electrons. The molecule has 0 aliphatic heterocycles. The molecule has 0 unspecified atom stereocenters. The second kappa shape index (κ2) is 6.62. The van der Waals surface area contributed by atoms with Gasteiger partial charge < -0.3 is 5.11 Å². The third-order valence-electron chi connectivity index (χ3n) is 2.20. The molecule has 0 aliphatic rings. The second-order valence-corrected chi connectivity index (χ2v) is 3.97. The lowest BCUT2D eigenvalue weighted by Gasteiger charge is -2.21. The lowest BCUT2D eigenvalue weighted by atomic mass is 9.91. The van der Waals surface area contributed by atoms with Crippen molar-refractivity contribution >= 4 is 0 Å². The van der Waals surface area contributed by atoms with Crippen LogP contribution in [0.5, 0.6) is 0 Å². The van der Waals surface area contributed by atoms with E-state index in [9.17, 15) is 5.11 Å². The van der Waals surface area contributed by atoms with E-state index in [1.165, 1.54) is 5.56 Å². The highest BCUT2D eigenvalue weighted by molar-refractivity contribution is 5.31. The maximum atomic E-state index is 9.90. The van der Waals surface area contributed by atoms with Gasteiger partial charge in [-0.05, 0) is 31.4 Å². The topological polar surface area (TPSA) is 20.2 Å². The Kier molecular flexibility index (Phi) is 6.26. The van der Waals surface area contributed by atoms with Crippen LogP contribution in [0.15, 0.2) is 24.3 Å². The average Bonchev–Trinajstić information content (AvgIpc) is 2.21. The van der Waals surface area contributed by atoms with Gasteiger partial charge in [-0.15, -0.1) is 0 Å².